The lowest BCUT2D eigenvalue weighted by Crippen LogP contribution is -2.68. The maximum atomic E-state index is 13.0. The third-order valence-corrected chi connectivity index (χ3v) is 19.8. The summed E-state index contributed by atoms with van der Waals surface area (Å²) in [6.07, 6.45) is -0.829. The van der Waals surface area contributed by atoms with Gasteiger partial charge in [-0.1, -0.05) is 74.9 Å². The molecule has 2 saturated carbocycles. The predicted molar refractivity (Wildman–Crippen MR) is 347 cm³/mol. The van der Waals surface area contributed by atoms with Crippen molar-refractivity contribution in [2.45, 2.75) is 201 Å². The Morgan fingerprint density at radius 3 is 1.45 bits per heavy atom. The van der Waals surface area contributed by atoms with Crippen LogP contribution in [0.4, 0.5) is 0 Å². The highest BCUT2D eigenvalue weighted by molar-refractivity contribution is 7.99. The number of hydrogen-bond donors (Lipinski definition) is 12. The number of benzene rings is 3. The van der Waals surface area contributed by atoms with Gasteiger partial charge in [-0.05, 0) is 122 Å². The van der Waals surface area contributed by atoms with E-state index in [1.54, 1.807) is 48.5 Å². The monoisotopic (exact) mass is 1340 g/mol. The Labute approximate surface area is 551 Å². The molecule has 24 nitrogen and oxygen atoms in total. The lowest BCUT2D eigenvalue weighted by atomic mass is 9.84. The highest BCUT2D eigenvalue weighted by Crippen LogP contribution is 2.37. The van der Waals surface area contributed by atoms with Crippen molar-refractivity contribution in [1.29, 1.82) is 0 Å². The minimum atomic E-state index is -2.46. The second-order valence-corrected chi connectivity index (χ2v) is 27.0. The number of carbonyl (C=O) groups is 8. The fourth-order valence-corrected chi connectivity index (χ4v) is 14.1. The zero-order valence-electron chi connectivity index (χ0n) is 53.0. The molecule has 12 N–H and O–H groups in total. The van der Waals surface area contributed by atoms with Crippen molar-refractivity contribution >= 4 is 71.1 Å². The number of Topliss-reactive ketones (excluding diaryl/α,β-unsaturated/α-hetero) is 1. The molecule has 2 aliphatic heterocycles. The molecule has 0 unspecified atom stereocenters. The summed E-state index contributed by atoms with van der Waals surface area (Å²) in [6, 6.07) is 18.3. The van der Waals surface area contributed by atoms with E-state index in [4.69, 9.17) is 18.9 Å². The molecule has 2 aliphatic carbocycles. The van der Waals surface area contributed by atoms with Crippen molar-refractivity contribution in [2.24, 2.45) is 0 Å². The quantitative estimate of drug-likeness (QED) is 0.0224. The molecule has 0 spiro atoms. The molecule has 12 atom stereocenters. The number of aldehydes is 1. The van der Waals surface area contributed by atoms with Gasteiger partial charge in [0.15, 0.2) is 12.1 Å². The number of carbonyl (C=O) groups excluding carboxylic acids is 7. The van der Waals surface area contributed by atoms with Crippen LogP contribution in [-0.2, 0) is 38.1 Å². The van der Waals surface area contributed by atoms with E-state index in [0.29, 0.717) is 89.2 Å². The van der Waals surface area contributed by atoms with E-state index in [1.165, 1.54) is 68.6 Å². The number of amides is 5. The molecule has 0 aromatic heterocycles. The minimum absolute atomic E-state index is 0.00726. The van der Waals surface area contributed by atoms with E-state index in [2.05, 4.69) is 26.6 Å². The Hall–Kier alpha value is -5.88. The van der Waals surface area contributed by atoms with Gasteiger partial charge < -0.3 is 81.3 Å². The van der Waals surface area contributed by atoms with Gasteiger partial charge >= 0.3 is 5.97 Å². The van der Waals surface area contributed by atoms with Gasteiger partial charge in [0.2, 0.25) is 17.6 Å². The maximum absolute atomic E-state index is 13.0. The van der Waals surface area contributed by atoms with Crippen molar-refractivity contribution in [2.75, 3.05) is 55.9 Å². The van der Waals surface area contributed by atoms with Crippen LogP contribution in [0.25, 0.3) is 0 Å². The second-order valence-electron chi connectivity index (χ2n) is 24.6. The lowest BCUT2D eigenvalue weighted by molar-refractivity contribution is -0.310. The third-order valence-electron chi connectivity index (χ3n) is 17.6. The summed E-state index contributed by atoms with van der Waals surface area (Å²) in [5, 5.41) is 90.4. The van der Waals surface area contributed by atoms with Gasteiger partial charge in [-0.3, -0.25) is 33.6 Å². The normalized spacial score (nSPS) is 24.9. The van der Waals surface area contributed by atoms with Crippen LogP contribution in [0.1, 0.15) is 181 Å². The largest absolute Gasteiger partial charge is 0.477 e. The molecule has 4 aliphatic rings. The van der Waals surface area contributed by atoms with Gasteiger partial charge in [0.05, 0.1) is 49.7 Å². The lowest BCUT2D eigenvalue weighted by Gasteiger charge is -2.46. The molecule has 3 aromatic carbocycles. The SMILES string of the molecule is CC(=O)N[C@@H]1[C@H]([C@H](O)[C@@H](O)CNC(=O)c2ccc(C3CCCCC3)cc2)O[C@@](OCCCSCCCC(=O)c2ccc(C(=O)NCCSCCCO[C@]3(C=O)C[C@H](O)[C@@H](NC(C)=O)[C@H]([C@H](O)[C@H](O)CNC(=O)c4ccc(C5CCCCC5)cc4)O3)cc2)(C(=O)O)C[C@@H]1O. The van der Waals surface area contributed by atoms with Gasteiger partial charge in [-0.15, -0.1) is 0 Å². The number of ketones is 1. The summed E-state index contributed by atoms with van der Waals surface area (Å²) < 4.78 is 23.5. The highest BCUT2D eigenvalue weighted by Gasteiger charge is 2.56. The van der Waals surface area contributed by atoms with E-state index >= 15 is 0 Å². The highest BCUT2D eigenvalue weighted by atomic mass is 32.2. The van der Waals surface area contributed by atoms with Gasteiger partial charge in [0, 0.05) is 80.8 Å². The first-order chi connectivity index (χ1) is 44.6. The third kappa shape index (κ3) is 21.8. The van der Waals surface area contributed by atoms with Gasteiger partial charge in [-0.2, -0.15) is 23.5 Å². The average molecular weight is 1340 g/mol. The van der Waals surface area contributed by atoms with Crippen LogP contribution in [-0.4, -0.2) is 212 Å². The first-order valence-corrected chi connectivity index (χ1v) is 34.7. The Kier molecular flexibility index (Phi) is 29.5. The van der Waals surface area contributed by atoms with E-state index in [-0.39, 0.29) is 37.7 Å². The second kappa shape index (κ2) is 36.9. The van der Waals surface area contributed by atoms with Crippen LogP contribution >= 0.6 is 23.5 Å². The molecule has 7 rings (SSSR count). The number of carboxylic acid groups (broad SMARTS) is 1. The molecule has 3 aromatic rings. The number of carboxylic acids is 1. The topological polar surface area (TPSA) is 375 Å². The van der Waals surface area contributed by atoms with E-state index < -0.39 is 122 Å². The Morgan fingerprint density at radius 2 is 0.978 bits per heavy atom. The number of aliphatic hydroxyl groups is 6. The Morgan fingerprint density at radius 1 is 0.559 bits per heavy atom. The van der Waals surface area contributed by atoms with Crippen LogP contribution in [0.2, 0.25) is 0 Å². The first-order valence-electron chi connectivity index (χ1n) is 32.4. The van der Waals surface area contributed by atoms with E-state index in [1.807, 2.05) is 24.3 Å². The number of rotatable bonds is 35. The van der Waals surface area contributed by atoms with Crippen molar-refractivity contribution in [3.63, 3.8) is 0 Å². The standard InChI is InChI=1S/C67H93N5O19S2/c1-41(74)71-56-52(77)36-66(40-73,90-60(56)58(81)54(79)38-69-63(84)49-23-17-45(18-24-49)43-12-5-3-6-13-43)88-30-10-34-93-35-29-68-62(83)48-27-21-47(22-28-48)51(76)16-9-32-92-33-11-31-89-67(65(86)87)37-53(78)57(72-42(2)75)61(91-67)59(82)55(80)39-70-64(85)50-25-19-46(20-26-50)44-14-7-4-8-15-44/h17-28,40,43-44,52-61,77-82H,3-16,29-39H2,1-2H3,(H,68,83)(H,69,84)(H,70,85)(H,71,74)(H,72,75)(H,86,87)/t52-,53-,54+,55-,56+,57-,58+,59+,60+,61+,66+,67+/m0/s1. The van der Waals surface area contributed by atoms with Gasteiger partial charge in [-0.25, -0.2) is 4.79 Å². The molecular formula is C67H93N5O19S2. The molecule has 5 amide bonds. The number of aliphatic carboxylic acids is 1. The summed E-state index contributed by atoms with van der Waals surface area (Å²) in [7, 11) is 0. The summed E-state index contributed by atoms with van der Waals surface area (Å²) in [6.45, 7) is 1.66. The van der Waals surface area contributed by atoms with Crippen molar-refractivity contribution < 1.29 is 93.0 Å². The number of aliphatic hydroxyl groups excluding tert-OH is 6. The molecule has 0 bridgehead atoms. The molecule has 93 heavy (non-hydrogen) atoms. The van der Waals surface area contributed by atoms with Crippen LogP contribution in [0.5, 0.6) is 0 Å². The van der Waals surface area contributed by atoms with Crippen LogP contribution < -0.4 is 26.6 Å². The zero-order chi connectivity index (χ0) is 67.1. The fraction of sp³-hybridized carbons (Fsp3) is 0.612. The predicted octanol–water partition coefficient (Wildman–Crippen LogP) is 4.04. The van der Waals surface area contributed by atoms with Crippen molar-refractivity contribution in [1.82, 2.24) is 26.6 Å². The Balaban J connectivity index is 0.761. The summed E-state index contributed by atoms with van der Waals surface area (Å²) in [4.78, 5) is 102. The number of ether oxygens (including phenoxy) is 4. The maximum Gasteiger partial charge on any atom is 0.364 e. The fourth-order valence-electron chi connectivity index (χ4n) is 12.4. The van der Waals surface area contributed by atoms with Crippen LogP contribution in [0, 0.1) is 0 Å². The van der Waals surface area contributed by atoms with Crippen LogP contribution in [0.3, 0.4) is 0 Å². The van der Waals surface area contributed by atoms with E-state index in [0.717, 1.165) is 44.1 Å². The minimum Gasteiger partial charge on any atom is -0.477 e. The first kappa shape index (κ1) is 74.5. The number of nitrogens with one attached hydrogen (secondary N) is 5. The van der Waals surface area contributed by atoms with Crippen molar-refractivity contribution in [3.05, 3.63) is 106 Å². The summed E-state index contributed by atoms with van der Waals surface area (Å²) >= 11 is 3.00. The molecule has 4 fully saturated rings. The molecule has 512 valence electrons. The van der Waals surface area contributed by atoms with Crippen molar-refractivity contribution in [3.8, 4) is 0 Å². The molecule has 2 saturated heterocycles. The zero-order valence-corrected chi connectivity index (χ0v) is 54.6. The van der Waals surface area contributed by atoms with E-state index in [9.17, 15) is 74.1 Å². The smallest absolute Gasteiger partial charge is 0.364 e. The number of hydrogen-bond acceptors (Lipinski definition) is 20. The molecule has 2 heterocycles. The summed E-state index contributed by atoms with van der Waals surface area (Å²) in [5.41, 5.74) is 3.83. The molecule has 0 radical (unpaired) electrons. The molecule has 26 heteroatoms. The van der Waals surface area contributed by atoms with Gasteiger partial charge in [0.25, 0.3) is 23.5 Å². The molecular weight excluding hydrogens is 1240 g/mol. The Bertz CT molecular complexity index is 2920. The average Bonchev–Trinajstić information content (AvgIpc) is 0.794. The summed E-state index contributed by atoms with van der Waals surface area (Å²) in [5.74, 6) is -5.64. The number of thioether (sulfide) groups is 2. The van der Waals surface area contributed by atoms with Gasteiger partial charge in [0.1, 0.15) is 24.4 Å². The van der Waals surface area contributed by atoms with Crippen LogP contribution in [0.15, 0.2) is 72.8 Å².